The summed E-state index contributed by atoms with van der Waals surface area (Å²) in [6.07, 6.45) is 0.626. The zero-order chi connectivity index (χ0) is 24.4. The lowest BCUT2D eigenvalue weighted by molar-refractivity contribution is -0.114. The van der Waals surface area contributed by atoms with Crippen LogP contribution in [0.15, 0.2) is 106 Å². The molecular formula is C28H24N2O4S. The van der Waals surface area contributed by atoms with Crippen LogP contribution < -0.4 is 9.62 Å². The van der Waals surface area contributed by atoms with Gasteiger partial charge in [-0.05, 0) is 48.4 Å². The number of amides is 1. The van der Waals surface area contributed by atoms with Crippen molar-refractivity contribution in [2.75, 3.05) is 16.2 Å². The molecule has 7 heteroatoms. The lowest BCUT2D eigenvalue weighted by atomic mass is 10.1. The molecule has 1 amide bonds. The SMILES string of the molecule is CCc1ccccc1N(CC(=O)Nc1ccc2c(c1)oc1ccccc12)S(=O)(=O)c1ccccc1. The van der Waals surface area contributed by atoms with Crippen molar-refractivity contribution in [3.8, 4) is 0 Å². The summed E-state index contributed by atoms with van der Waals surface area (Å²) in [5.74, 6) is -0.453. The Morgan fingerprint density at radius 2 is 1.51 bits per heavy atom. The molecule has 0 radical (unpaired) electrons. The molecule has 5 aromatic rings. The summed E-state index contributed by atoms with van der Waals surface area (Å²) in [7, 11) is -3.97. The number of carbonyl (C=O) groups excluding carboxylic acids is 1. The Bertz CT molecular complexity index is 1630. The number of sulfonamides is 1. The highest BCUT2D eigenvalue weighted by molar-refractivity contribution is 7.92. The first-order chi connectivity index (χ1) is 17.0. The first-order valence-corrected chi connectivity index (χ1v) is 12.8. The Morgan fingerprint density at radius 1 is 0.829 bits per heavy atom. The van der Waals surface area contributed by atoms with Gasteiger partial charge in [0.05, 0.1) is 10.6 Å². The van der Waals surface area contributed by atoms with Gasteiger partial charge in [0.25, 0.3) is 10.0 Å². The molecule has 0 saturated carbocycles. The summed E-state index contributed by atoms with van der Waals surface area (Å²) < 4.78 is 34.3. The maximum atomic E-state index is 13.6. The molecule has 0 aliphatic rings. The van der Waals surface area contributed by atoms with E-state index in [0.717, 1.165) is 21.9 Å². The third-order valence-electron chi connectivity index (χ3n) is 5.92. The Hall–Kier alpha value is -4.10. The van der Waals surface area contributed by atoms with Crippen LogP contribution in [0.2, 0.25) is 0 Å². The van der Waals surface area contributed by atoms with Crippen LogP contribution in [0.4, 0.5) is 11.4 Å². The van der Waals surface area contributed by atoms with Crippen molar-refractivity contribution in [1.29, 1.82) is 0 Å². The van der Waals surface area contributed by atoms with E-state index in [4.69, 9.17) is 4.42 Å². The smallest absolute Gasteiger partial charge is 0.264 e. The van der Waals surface area contributed by atoms with Gasteiger partial charge in [-0.3, -0.25) is 9.10 Å². The fraction of sp³-hybridized carbons (Fsp3) is 0.107. The van der Waals surface area contributed by atoms with E-state index in [0.29, 0.717) is 23.4 Å². The molecule has 0 atom stereocenters. The first kappa shape index (κ1) is 22.7. The summed E-state index contributed by atoms with van der Waals surface area (Å²) in [4.78, 5) is 13.3. The van der Waals surface area contributed by atoms with Gasteiger partial charge in [0.1, 0.15) is 17.7 Å². The number of anilines is 2. The van der Waals surface area contributed by atoms with Crippen molar-refractivity contribution in [1.82, 2.24) is 0 Å². The fourth-order valence-corrected chi connectivity index (χ4v) is 5.69. The van der Waals surface area contributed by atoms with Crippen LogP contribution in [0.1, 0.15) is 12.5 Å². The van der Waals surface area contributed by atoms with Crippen molar-refractivity contribution in [2.45, 2.75) is 18.2 Å². The second-order valence-corrected chi connectivity index (χ2v) is 10.0. The van der Waals surface area contributed by atoms with Crippen LogP contribution in [0, 0.1) is 0 Å². The normalized spacial score (nSPS) is 11.6. The predicted octanol–water partition coefficient (Wildman–Crippen LogP) is 5.98. The van der Waals surface area contributed by atoms with Gasteiger partial charge in [-0.25, -0.2) is 8.42 Å². The number of para-hydroxylation sites is 2. The van der Waals surface area contributed by atoms with E-state index in [2.05, 4.69) is 5.32 Å². The Morgan fingerprint density at radius 3 is 2.31 bits per heavy atom. The van der Waals surface area contributed by atoms with Crippen LogP contribution in [0.5, 0.6) is 0 Å². The van der Waals surface area contributed by atoms with Crippen LogP contribution in [0.3, 0.4) is 0 Å². The summed E-state index contributed by atoms with van der Waals surface area (Å²) in [5.41, 5.74) is 3.27. The molecule has 1 heterocycles. The number of nitrogens with one attached hydrogen (secondary N) is 1. The van der Waals surface area contributed by atoms with Crippen molar-refractivity contribution in [3.63, 3.8) is 0 Å². The van der Waals surface area contributed by atoms with E-state index in [1.54, 1.807) is 42.5 Å². The molecule has 0 saturated heterocycles. The predicted molar refractivity (Wildman–Crippen MR) is 139 cm³/mol. The number of nitrogens with zero attached hydrogens (tertiary/aromatic N) is 1. The van der Waals surface area contributed by atoms with Crippen LogP contribution in [-0.2, 0) is 21.2 Å². The van der Waals surface area contributed by atoms with Gasteiger partial charge in [-0.2, -0.15) is 0 Å². The van der Waals surface area contributed by atoms with Gasteiger partial charge in [-0.15, -0.1) is 0 Å². The highest BCUT2D eigenvalue weighted by Gasteiger charge is 2.28. The minimum Gasteiger partial charge on any atom is -0.456 e. The fourth-order valence-electron chi connectivity index (χ4n) is 4.21. The largest absolute Gasteiger partial charge is 0.456 e. The zero-order valence-electron chi connectivity index (χ0n) is 19.1. The van der Waals surface area contributed by atoms with Crippen molar-refractivity contribution in [2.24, 2.45) is 0 Å². The van der Waals surface area contributed by atoms with Gasteiger partial charge in [0.15, 0.2) is 0 Å². The number of carbonyl (C=O) groups is 1. The molecule has 0 bridgehead atoms. The van der Waals surface area contributed by atoms with E-state index < -0.39 is 15.9 Å². The zero-order valence-corrected chi connectivity index (χ0v) is 20.0. The van der Waals surface area contributed by atoms with E-state index in [1.807, 2.05) is 49.4 Å². The van der Waals surface area contributed by atoms with Crippen molar-refractivity contribution < 1.29 is 17.6 Å². The van der Waals surface area contributed by atoms with Crippen LogP contribution in [-0.4, -0.2) is 20.9 Å². The molecule has 1 aromatic heterocycles. The number of benzene rings is 4. The van der Waals surface area contributed by atoms with E-state index in [1.165, 1.54) is 16.4 Å². The molecule has 0 unspecified atom stereocenters. The summed E-state index contributed by atoms with van der Waals surface area (Å²) in [6.45, 7) is 1.58. The van der Waals surface area contributed by atoms with Gasteiger partial charge in [-0.1, -0.05) is 61.5 Å². The van der Waals surface area contributed by atoms with E-state index in [-0.39, 0.29) is 11.4 Å². The number of hydrogen-bond acceptors (Lipinski definition) is 4. The molecular weight excluding hydrogens is 460 g/mol. The van der Waals surface area contributed by atoms with Gasteiger partial charge < -0.3 is 9.73 Å². The maximum absolute atomic E-state index is 13.6. The van der Waals surface area contributed by atoms with Gasteiger partial charge >= 0.3 is 0 Å². The maximum Gasteiger partial charge on any atom is 0.264 e. The lowest BCUT2D eigenvalue weighted by Gasteiger charge is -2.26. The van der Waals surface area contributed by atoms with Crippen molar-refractivity contribution >= 4 is 49.2 Å². The summed E-state index contributed by atoms with van der Waals surface area (Å²) >= 11 is 0. The minimum absolute atomic E-state index is 0.127. The Labute approximate surface area is 203 Å². The monoisotopic (exact) mass is 484 g/mol. The highest BCUT2D eigenvalue weighted by Crippen LogP contribution is 2.31. The third-order valence-corrected chi connectivity index (χ3v) is 7.70. The average molecular weight is 485 g/mol. The molecule has 6 nitrogen and oxygen atoms in total. The summed E-state index contributed by atoms with van der Waals surface area (Å²) in [5, 5.41) is 4.78. The second kappa shape index (κ2) is 9.27. The average Bonchev–Trinajstić information content (AvgIpc) is 3.25. The lowest BCUT2D eigenvalue weighted by Crippen LogP contribution is -2.38. The molecule has 0 spiro atoms. The number of furan rings is 1. The summed E-state index contributed by atoms with van der Waals surface area (Å²) in [6, 6.07) is 28.5. The molecule has 176 valence electrons. The third kappa shape index (κ3) is 4.38. The number of fused-ring (bicyclic) bond motifs is 3. The number of aryl methyl sites for hydroxylation is 1. The molecule has 4 aromatic carbocycles. The standard InChI is InChI=1S/C28H24N2O4S/c1-2-20-10-6-8-14-25(20)30(35(32,33)22-11-4-3-5-12-22)19-28(31)29-21-16-17-24-23-13-7-9-15-26(23)34-27(24)18-21/h3-18H,2,19H2,1H3,(H,29,31). The minimum atomic E-state index is -3.97. The quantitative estimate of drug-likeness (QED) is 0.308. The molecule has 1 N–H and O–H groups in total. The Kier molecular flexibility index (Phi) is 6.01. The molecule has 0 aliphatic carbocycles. The molecule has 0 fully saturated rings. The molecule has 5 rings (SSSR count). The molecule has 35 heavy (non-hydrogen) atoms. The second-order valence-electron chi connectivity index (χ2n) is 8.16. The number of hydrogen-bond donors (Lipinski definition) is 1. The van der Waals surface area contributed by atoms with E-state index in [9.17, 15) is 13.2 Å². The molecule has 0 aliphatic heterocycles. The van der Waals surface area contributed by atoms with Gasteiger partial charge in [0, 0.05) is 22.5 Å². The van der Waals surface area contributed by atoms with Crippen LogP contribution in [0.25, 0.3) is 21.9 Å². The highest BCUT2D eigenvalue weighted by atomic mass is 32.2. The first-order valence-electron chi connectivity index (χ1n) is 11.3. The topological polar surface area (TPSA) is 79.6 Å². The number of rotatable bonds is 7. The van der Waals surface area contributed by atoms with Crippen molar-refractivity contribution in [3.05, 3.63) is 103 Å². The van der Waals surface area contributed by atoms with E-state index >= 15 is 0 Å². The van der Waals surface area contributed by atoms with Crippen LogP contribution >= 0.6 is 0 Å². The Balaban J connectivity index is 1.47. The van der Waals surface area contributed by atoms with Gasteiger partial charge in [0.2, 0.25) is 5.91 Å².